The van der Waals surface area contributed by atoms with Crippen LogP contribution < -0.4 is 5.32 Å². The first-order chi connectivity index (χ1) is 13.2. The Morgan fingerprint density at radius 3 is 2.30 bits per heavy atom. The highest BCUT2D eigenvalue weighted by atomic mass is 35.5. The number of hydrogen-bond acceptors (Lipinski definition) is 3. The SMILES string of the molecule is O=C(Nc1nccs1)c1ccc(Cl)c(-c2ccc(-c3ccccc3)cc2)c1. The van der Waals surface area contributed by atoms with Crippen LogP contribution in [0.5, 0.6) is 0 Å². The average Bonchev–Trinajstić information content (AvgIpc) is 3.22. The van der Waals surface area contributed by atoms with E-state index in [4.69, 9.17) is 11.6 Å². The first-order valence-corrected chi connectivity index (χ1v) is 9.63. The molecule has 0 spiro atoms. The van der Waals surface area contributed by atoms with Gasteiger partial charge in [0.25, 0.3) is 5.91 Å². The van der Waals surface area contributed by atoms with Crippen LogP contribution in [0.1, 0.15) is 10.4 Å². The fourth-order valence-corrected chi connectivity index (χ4v) is 3.57. The van der Waals surface area contributed by atoms with Crippen LogP contribution in [0.25, 0.3) is 22.3 Å². The van der Waals surface area contributed by atoms with E-state index in [1.807, 2.05) is 41.8 Å². The lowest BCUT2D eigenvalue weighted by Crippen LogP contribution is -2.11. The molecule has 1 heterocycles. The molecule has 5 heteroatoms. The van der Waals surface area contributed by atoms with Gasteiger partial charge < -0.3 is 0 Å². The van der Waals surface area contributed by atoms with Crippen LogP contribution in [-0.2, 0) is 0 Å². The fourth-order valence-electron chi connectivity index (χ4n) is 2.82. The number of nitrogens with one attached hydrogen (secondary N) is 1. The first-order valence-electron chi connectivity index (χ1n) is 8.37. The number of aromatic nitrogens is 1. The van der Waals surface area contributed by atoms with Gasteiger partial charge in [0.1, 0.15) is 0 Å². The Bertz CT molecular complexity index is 1060. The van der Waals surface area contributed by atoms with Crippen molar-refractivity contribution >= 4 is 34.0 Å². The summed E-state index contributed by atoms with van der Waals surface area (Å²) in [5.74, 6) is -0.205. The normalized spacial score (nSPS) is 10.6. The third-order valence-corrected chi connectivity index (χ3v) is 5.20. The van der Waals surface area contributed by atoms with E-state index >= 15 is 0 Å². The summed E-state index contributed by atoms with van der Waals surface area (Å²) in [6.45, 7) is 0. The molecule has 4 rings (SSSR count). The Kier molecular flexibility index (Phi) is 5.01. The van der Waals surface area contributed by atoms with E-state index in [0.29, 0.717) is 15.7 Å². The molecule has 132 valence electrons. The molecule has 4 aromatic rings. The summed E-state index contributed by atoms with van der Waals surface area (Å²) < 4.78 is 0. The van der Waals surface area contributed by atoms with E-state index in [1.165, 1.54) is 11.3 Å². The van der Waals surface area contributed by atoms with Crippen molar-refractivity contribution in [1.82, 2.24) is 4.98 Å². The molecule has 0 saturated carbocycles. The number of rotatable bonds is 4. The predicted molar refractivity (Wildman–Crippen MR) is 112 cm³/mol. The molecule has 0 bridgehead atoms. The molecule has 0 saturated heterocycles. The Morgan fingerprint density at radius 2 is 1.59 bits per heavy atom. The number of nitrogens with zero attached hydrogens (tertiary/aromatic N) is 1. The van der Waals surface area contributed by atoms with Crippen LogP contribution in [0.3, 0.4) is 0 Å². The van der Waals surface area contributed by atoms with Crippen LogP contribution in [0.2, 0.25) is 5.02 Å². The van der Waals surface area contributed by atoms with Crippen molar-refractivity contribution in [3.05, 3.63) is 95.0 Å². The molecular weight excluding hydrogens is 376 g/mol. The highest BCUT2D eigenvalue weighted by molar-refractivity contribution is 7.13. The lowest BCUT2D eigenvalue weighted by atomic mass is 9.99. The standard InChI is InChI=1S/C22H15ClN2OS/c23-20-11-10-18(21(26)25-22-24-12-13-27-22)14-19(20)17-8-6-16(7-9-17)15-4-2-1-3-5-15/h1-14H,(H,24,25,26). The smallest absolute Gasteiger partial charge is 0.257 e. The number of carbonyl (C=O) groups excluding carboxylic acids is 1. The molecule has 1 amide bonds. The van der Waals surface area contributed by atoms with E-state index in [-0.39, 0.29) is 5.91 Å². The topological polar surface area (TPSA) is 42.0 Å². The molecule has 3 nitrogen and oxygen atoms in total. The summed E-state index contributed by atoms with van der Waals surface area (Å²) in [7, 11) is 0. The third-order valence-electron chi connectivity index (χ3n) is 4.18. The van der Waals surface area contributed by atoms with Gasteiger partial charge in [0, 0.05) is 27.7 Å². The number of hydrogen-bond donors (Lipinski definition) is 1. The van der Waals surface area contributed by atoms with Crippen LogP contribution in [0.15, 0.2) is 84.4 Å². The van der Waals surface area contributed by atoms with E-state index < -0.39 is 0 Å². The summed E-state index contributed by atoms with van der Waals surface area (Å²) in [4.78, 5) is 16.5. The van der Waals surface area contributed by atoms with Crippen molar-refractivity contribution in [2.75, 3.05) is 5.32 Å². The second-order valence-electron chi connectivity index (χ2n) is 5.93. The fraction of sp³-hybridized carbons (Fsp3) is 0. The van der Waals surface area contributed by atoms with Crippen molar-refractivity contribution in [2.24, 2.45) is 0 Å². The van der Waals surface area contributed by atoms with Gasteiger partial charge in [-0.25, -0.2) is 4.98 Å². The predicted octanol–water partition coefficient (Wildman–Crippen LogP) is 6.38. The second kappa shape index (κ2) is 7.74. The van der Waals surface area contributed by atoms with Gasteiger partial charge >= 0.3 is 0 Å². The van der Waals surface area contributed by atoms with Gasteiger partial charge in [-0.2, -0.15) is 0 Å². The van der Waals surface area contributed by atoms with Gasteiger partial charge in [0.2, 0.25) is 0 Å². The maximum absolute atomic E-state index is 12.5. The molecule has 1 N–H and O–H groups in total. The van der Waals surface area contributed by atoms with Crippen molar-refractivity contribution in [3.8, 4) is 22.3 Å². The minimum absolute atomic E-state index is 0.205. The van der Waals surface area contributed by atoms with Crippen LogP contribution in [0, 0.1) is 0 Å². The number of anilines is 1. The molecule has 1 aromatic heterocycles. The van der Waals surface area contributed by atoms with Crippen molar-refractivity contribution in [1.29, 1.82) is 0 Å². The first kappa shape index (κ1) is 17.5. The highest BCUT2D eigenvalue weighted by Crippen LogP contribution is 2.31. The molecule has 0 radical (unpaired) electrons. The Morgan fingerprint density at radius 1 is 0.889 bits per heavy atom. The van der Waals surface area contributed by atoms with Gasteiger partial charge in [0.15, 0.2) is 5.13 Å². The Hall–Kier alpha value is -2.95. The zero-order valence-electron chi connectivity index (χ0n) is 14.2. The maximum atomic E-state index is 12.5. The molecule has 0 unspecified atom stereocenters. The quantitative estimate of drug-likeness (QED) is 0.439. The summed E-state index contributed by atoms with van der Waals surface area (Å²) in [5.41, 5.74) is 4.61. The Balaban J connectivity index is 1.62. The summed E-state index contributed by atoms with van der Waals surface area (Å²) >= 11 is 7.77. The molecule has 0 aliphatic carbocycles. The van der Waals surface area contributed by atoms with Crippen molar-refractivity contribution < 1.29 is 4.79 Å². The summed E-state index contributed by atoms with van der Waals surface area (Å²) in [5, 5.41) is 5.79. The zero-order chi connectivity index (χ0) is 18.6. The van der Waals surface area contributed by atoms with Crippen molar-refractivity contribution in [3.63, 3.8) is 0 Å². The minimum Gasteiger partial charge on any atom is -0.298 e. The molecule has 0 aliphatic heterocycles. The van der Waals surface area contributed by atoms with E-state index in [0.717, 1.165) is 22.3 Å². The maximum Gasteiger partial charge on any atom is 0.257 e. The van der Waals surface area contributed by atoms with Crippen LogP contribution >= 0.6 is 22.9 Å². The largest absolute Gasteiger partial charge is 0.298 e. The van der Waals surface area contributed by atoms with Crippen LogP contribution in [-0.4, -0.2) is 10.9 Å². The minimum atomic E-state index is -0.205. The lowest BCUT2D eigenvalue weighted by Gasteiger charge is -2.09. The third kappa shape index (κ3) is 3.92. The van der Waals surface area contributed by atoms with Gasteiger partial charge in [-0.15, -0.1) is 11.3 Å². The molecular formula is C22H15ClN2OS. The number of thiazole rings is 1. The van der Waals surface area contributed by atoms with Gasteiger partial charge in [-0.05, 0) is 34.9 Å². The van der Waals surface area contributed by atoms with E-state index in [2.05, 4.69) is 34.6 Å². The molecule has 3 aromatic carbocycles. The molecule has 27 heavy (non-hydrogen) atoms. The highest BCUT2D eigenvalue weighted by Gasteiger charge is 2.12. The molecule has 0 atom stereocenters. The van der Waals surface area contributed by atoms with Crippen LogP contribution in [0.4, 0.5) is 5.13 Å². The summed E-state index contributed by atoms with van der Waals surface area (Å²) in [6, 6.07) is 23.6. The summed E-state index contributed by atoms with van der Waals surface area (Å²) in [6.07, 6.45) is 1.65. The monoisotopic (exact) mass is 390 g/mol. The van der Waals surface area contributed by atoms with Gasteiger partial charge in [-0.3, -0.25) is 10.1 Å². The second-order valence-corrected chi connectivity index (χ2v) is 7.23. The average molecular weight is 391 g/mol. The molecule has 0 fully saturated rings. The number of halogens is 1. The zero-order valence-corrected chi connectivity index (χ0v) is 15.8. The van der Waals surface area contributed by atoms with Crippen molar-refractivity contribution in [2.45, 2.75) is 0 Å². The van der Waals surface area contributed by atoms with Gasteiger partial charge in [-0.1, -0.05) is 66.2 Å². The van der Waals surface area contributed by atoms with E-state index in [1.54, 1.807) is 18.3 Å². The lowest BCUT2D eigenvalue weighted by molar-refractivity contribution is 0.102. The number of amides is 1. The Labute approximate surface area is 166 Å². The van der Waals surface area contributed by atoms with Gasteiger partial charge in [0.05, 0.1) is 0 Å². The van der Waals surface area contributed by atoms with E-state index in [9.17, 15) is 4.79 Å². The molecule has 0 aliphatic rings. The number of benzene rings is 3. The number of carbonyl (C=O) groups is 1.